The first-order valence-electron chi connectivity index (χ1n) is 6.39. The van der Waals surface area contributed by atoms with E-state index in [1.807, 2.05) is 0 Å². The van der Waals surface area contributed by atoms with E-state index in [4.69, 9.17) is 5.11 Å². The topological polar surface area (TPSA) is 78.4 Å². The van der Waals surface area contributed by atoms with Crippen LogP contribution < -0.4 is 10.6 Å². The molecule has 1 aliphatic heterocycles. The lowest BCUT2D eigenvalue weighted by Crippen LogP contribution is -2.39. The van der Waals surface area contributed by atoms with Crippen LogP contribution in [0.2, 0.25) is 0 Å². The molecule has 5 nitrogen and oxygen atoms in total. The van der Waals surface area contributed by atoms with Crippen molar-refractivity contribution >= 4 is 34.6 Å². The van der Waals surface area contributed by atoms with Crippen molar-refractivity contribution in [2.75, 3.05) is 4.43 Å². The molecule has 1 aliphatic rings. The number of carbonyl (C=O) groups is 2. The molecule has 0 bridgehead atoms. The molecule has 0 aliphatic carbocycles. The summed E-state index contributed by atoms with van der Waals surface area (Å²) in [6, 6.07) is 0.313. The monoisotopic (exact) mass is 368 g/mol. The molecule has 0 spiro atoms. The van der Waals surface area contributed by atoms with Crippen LogP contribution in [0.5, 0.6) is 0 Å². The minimum Gasteiger partial charge on any atom is -0.481 e. The number of nitrogens with one attached hydrogen (secondary N) is 2. The summed E-state index contributed by atoms with van der Waals surface area (Å²) in [5, 5.41) is 14.5. The number of urea groups is 1. The van der Waals surface area contributed by atoms with Gasteiger partial charge in [-0.25, -0.2) is 4.79 Å². The van der Waals surface area contributed by atoms with E-state index in [9.17, 15) is 9.59 Å². The van der Waals surface area contributed by atoms with Gasteiger partial charge in [-0.3, -0.25) is 4.79 Å². The number of hydrogen-bond acceptors (Lipinski definition) is 2. The van der Waals surface area contributed by atoms with Crippen LogP contribution in [0.25, 0.3) is 0 Å². The Morgan fingerprint density at radius 3 is 2.78 bits per heavy atom. The Morgan fingerprint density at radius 2 is 2.17 bits per heavy atom. The Bertz CT molecular complexity index is 299. The lowest BCUT2D eigenvalue weighted by Gasteiger charge is -2.24. The largest absolute Gasteiger partial charge is 0.481 e. The van der Waals surface area contributed by atoms with E-state index in [0.717, 1.165) is 23.7 Å². The van der Waals surface area contributed by atoms with Gasteiger partial charge in [0.1, 0.15) is 0 Å². The van der Waals surface area contributed by atoms with Crippen molar-refractivity contribution in [1.82, 2.24) is 10.6 Å². The highest BCUT2D eigenvalue weighted by molar-refractivity contribution is 14.1. The van der Waals surface area contributed by atoms with Gasteiger partial charge in [0.15, 0.2) is 0 Å². The molecule has 3 N–H and O–H groups in total. The highest BCUT2D eigenvalue weighted by Gasteiger charge is 2.34. The van der Waals surface area contributed by atoms with E-state index in [2.05, 4.69) is 40.1 Å². The van der Waals surface area contributed by atoms with Gasteiger partial charge in [-0.15, -0.1) is 0 Å². The number of halogens is 1. The van der Waals surface area contributed by atoms with Crippen LogP contribution in [0.3, 0.4) is 0 Å². The SMILES string of the molecule is CC(CCCCC(=O)O)C1NC(=O)NC1CCI. The van der Waals surface area contributed by atoms with Gasteiger partial charge in [0, 0.05) is 10.8 Å². The average molecular weight is 368 g/mol. The van der Waals surface area contributed by atoms with Crippen LogP contribution in [-0.4, -0.2) is 33.6 Å². The number of carbonyl (C=O) groups excluding carboxylic acids is 1. The molecular weight excluding hydrogens is 347 g/mol. The van der Waals surface area contributed by atoms with Crippen LogP contribution in [-0.2, 0) is 4.79 Å². The number of carboxylic acid groups (broad SMARTS) is 1. The summed E-state index contributed by atoms with van der Waals surface area (Å²) in [5.74, 6) is -0.355. The molecule has 1 heterocycles. The number of alkyl halides is 1. The summed E-state index contributed by atoms with van der Waals surface area (Å²) < 4.78 is 1.02. The first-order valence-corrected chi connectivity index (χ1v) is 7.92. The third-order valence-electron chi connectivity index (χ3n) is 3.38. The summed E-state index contributed by atoms with van der Waals surface area (Å²) in [6.07, 6.45) is 3.78. The van der Waals surface area contributed by atoms with Gasteiger partial charge in [0.25, 0.3) is 0 Å². The highest BCUT2D eigenvalue weighted by Crippen LogP contribution is 2.20. The minimum absolute atomic E-state index is 0.0766. The zero-order valence-electron chi connectivity index (χ0n) is 10.6. The van der Waals surface area contributed by atoms with Gasteiger partial charge in [-0.1, -0.05) is 35.9 Å². The maximum atomic E-state index is 11.4. The minimum atomic E-state index is -0.735. The fourth-order valence-corrected chi connectivity index (χ4v) is 3.05. The van der Waals surface area contributed by atoms with E-state index in [1.165, 1.54) is 0 Å². The molecule has 0 aromatic heterocycles. The molecule has 3 atom stereocenters. The summed E-state index contributed by atoms with van der Waals surface area (Å²) >= 11 is 2.32. The molecule has 2 amide bonds. The molecule has 18 heavy (non-hydrogen) atoms. The lowest BCUT2D eigenvalue weighted by atomic mass is 9.90. The molecule has 1 saturated heterocycles. The fourth-order valence-electron chi connectivity index (χ4n) is 2.38. The molecule has 0 aromatic rings. The zero-order valence-corrected chi connectivity index (χ0v) is 12.8. The number of amides is 2. The smallest absolute Gasteiger partial charge is 0.315 e. The first kappa shape index (κ1) is 15.5. The van der Waals surface area contributed by atoms with E-state index in [1.54, 1.807) is 0 Å². The second-order valence-corrected chi connectivity index (χ2v) is 5.92. The fraction of sp³-hybridized carbons (Fsp3) is 0.833. The van der Waals surface area contributed by atoms with Crippen molar-refractivity contribution in [3.8, 4) is 0 Å². The number of aliphatic carboxylic acids is 1. The normalized spacial score (nSPS) is 24.4. The van der Waals surface area contributed by atoms with Crippen molar-refractivity contribution in [1.29, 1.82) is 0 Å². The van der Waals surface area contributed by atoms with Crippen molar-refractivity contribution in [3.05, 3.63) is 0 Å². The second kappa shape index (κ2) is 7.81. The summed E-state index contributed by atoms with van der Waals surface area (Å²) in [4.78, 5) is 21.8. The lowest BCUT2D eigenvalue weighted by molar-refractivity contribution is -0.137. The number of rotatable bonds is 8. The number of hydrogen-bond donors (Lipinski definition) is 3. The van der Waals surface area contributed by atoms with Gasteiger partial charge in [-0.05, 0) is 25.2 Å². The third kappa shape index (κ3) is 4.99. The Hall–Kier alpha value is -0.530. The number of carboxylic acids is 1. The molecule has 0 aromatic carbocycles. The van der Waals surface area contributed by atoms with E-state index >= 15 is 0 Å². The van der Waals surface area contributed by atoms with Crippen LogP contribution in [0.1, 0.15) is 39.0 Å². The Balaban J connectivity index is 2.32. The van der Waals surface area contributed by atoms with Gasteiger partial charge >= 0.3 is 12.0 Å². The van der Waals surface area contributed by atoms with Crippen molar-refractivity contribution in [2.24, 2.45) is 5.92 Å². The molecule has 3 unspecified atom stereocenters. The van der Waals surface area contributed by atoms with Crippen LogP contribution >= 0.6 is 22.6 Å². The quantitative estimate of drug-likeness (QED) is 0.349. The molecule has 0 saturated carbocycles. The first-order chi connectivity index (χ1) is 8.54. The van der Waals surface area contributed by atoms with Crippen LogP contribution in [0.4, 0.5) is 4.79 Å². The maximum absolute atomic E-state index is 11.4. The van der Waals surface area contributed by atoms with E-state index < -0.39 is 5.97 Å². The Labute approximate surface area is 121 Å². The summed E-state index contributed by atoms with van der Waals surface area (Å²) in [6.45, 7) is 2.12. The second-order valence-electron chi connectivity index (χ2n) is 4.84. The average Bonchev–Trinajstić information content (AvgIpc) is 2.66. The van der Waals surface area contributed by atoms with Crippen LogP contribution in [0, 0.1) is 5.92 Å². The molecule has 1 rings (SSSR count). The van der Waals surface area contributed by atoms with Crippen molar-refractivity contribution in [3.63, 3.8) is 0 Å². The predicted octanol–water partition coefficient (Wildman–Crippen LogP) is 2.14. The molecule has 6 heteroatoms. The summed E-state index contributed by atoms with van der Waals surface area (Å²) in [7, 11) is 0. The van der Waals surface area contributed by atoms with E-state index in [-0.39, 0.29) is 24.5 Å². The van der Waals surface area contributed by atoms with Gasteiger partial charge < -0.3 is 15.7 Å². The zero-order chi connectivity index (χ0) is 13.5. The van der Waals surface area contributed by atoms with Crippen molar-refractivity contribution < 1.29 is 14.7 Å². The Morgan fingerprint density at radius 1 is 1.44 bits per heavy atom. The van der Waals surface area contributed by atoms with E-state index in [0.29, 0.717) is 12.3 Å². The maximum Gasteiger partial charge on any atom is 0.315 e. The molecular formula is C12H21IN2O3. The molecule has 0 radical (unpaired) electrons. The highest BCUT2D eigenvalue weighted by atomic mass is 127. The van der Waals surface area contributed by atoms with Crippen LogP contribution in [0.15, 0.2) is 0 Å². The third-order valence-corrected chi connectivity index (χ3v) is 4.00. The van der Waals surface area contributed by atoms with Gasteiger partial charge in [0.05, 0.1) is 12.1 Å². The predicted molar refractivity (Wildman–Crippen MR) is 78.0 cm³/mol. The van der Waals surface area contributed by atoms with Gasteiger partial charge in [0.2, 0.25) is 0 Å². The van der Waals surface area contributed by atoms with Gasteiger partial charge in [-0.2, -0.15) is 0 Å². The Kier molecular flexibility index (Phi) is 6.73. The molecule has 104 valence electrons. The number of unbranched alkanes of at least 4 members (excludes halogenated alkanes) is 1. The van der Waals surface area contributed by atoms with Crippen molar-refractivity contribution in [2.45, 2.75) is 51.1 Å². The molecule has 1 fully saturated rings. The standard InChI is InChI=1S/C12H21IN2O3/c1-8(4-2-3-5-10(16)17)11-9(6-7-13)14-12(18)15-11/h8-9,11H,2-7H2,1H3,(H,16,17)(H2,14,15,18). The summed E-state index contributed by atoms with van der Waals surface area (Å²) in [5.41, 5.74) is 0.